The highest BCUT2D eigenvalue weighted by Gasteiger charge is 2.28. The van der Waals surface area contributed by atoms with Gasteiger partial charge in [0.1, 0.15) is 0 Å². The van der Waals surface area contributed by atoms with Crippen LogP contribution in [0.3, 0.4) is 0 Å². The molecule has 0 unspecified atom stereocenters. The number of hydrogen-bond donors (Lipinski definition) is 0. The van der Waals surface area contributed by atoms with Crippen molar-refractivity contribution < 1.29 is 23.7 Å². The van der Waals surface area contributed by atoms with E-state index in [0.29, 0.717) is 63.5 Å². The Kier molecular flexibility index (Phi) is 9.92. The van der Waals surface area contributed by atoms with Crippen LogP contribution in [0.2, 0.25) is 0 Å². The van der Waals surface area contributed by atoms with Crippen LogP contribution >= 0.6 is 31.9 Å². The number of alkyl halides is 2. The lowest BCUT2D eigenvalue weighted by Crippen LogP contribution is -2.42. The zero-order chi connectivity index (χ0) is 15.6. The van der Waals surface area contributed by atoms with E-state index >= 15 is 0 Å². The molecule has 0 spiro atoms. The molecule has 1 fully saturated rings. The van der Waals surface area contributed by atoms with Gasteiger partial charge in [-0.15, -0.1) is 0 Å². The summed E-state index contributed by atoms with van der Waals surface area (Å²) in [6, 6.07) is 0. The standard InChI is InChI=1S/C14H26Br2O5/c1-13(9-15)11-19-12-14(2,10-16)21-8-6-18-4-3-17-5-7-20-13/h3-12H2,1-2H3/t13-,14-/m1/s1. The van der Waals surface area contributed by atoms with Crippen molar-refractivity contribution in [1.29, 1.82) is 0 Å². The first-order valence-electron chi connectivity index (χ1n) is 7.17. The largest absolute Gasteiger partial charge is 0.377 e. The molecule has 1 aliphatic rings. The normalized spacial score (nSPS) is 34.9. The van der Waals surface area contributed by atoms with Crippen molar-refractivity contribution in [3.63, 3.8) is 0 Å². The van der Waals surface area contributed by atoms with Gasteiger partial charge < -0.3 is 23.7 Å². The second-order valence-corrected chi connectivity index (χ2v) is 6.70. The van der Waals surface area contributed by atoms with Gasteiger partial charge in [-0.2, -0.15) is 0 Å². The Morgan fingerprint density at radius 1 is 0.667 bits per heavy atom. The van der Waals surface area contributed by atoms with Crippen molar-refractivity contribution in [3.8, 4) is 0 Å². The third kappa shape index (κ3) is 8.25. The topological polar surface area (TPSA) is 46.2 Å². The van der Waals surface area contributed by atoms with Crippen LogP contribution < -0.4 is 0 Å². The third-order valence-electron chi connectivity index (χ3n) is 3.11. The summed E-state index contributed by atoms with van der Waals surface area (Å²) >= 11 is 6.97. The van der Waals surface area contributed by atoms with E-state index in [1.54, 1.807) is 0 Å². The van der Waals surface area contributed by atoms with Crippen LogP contribution in [0.5, 0.6) is 0 Å². The fourth-order valence-electron chi connectivity index (χ4n) is 1.74. The second kappa shape index (κ2) is 10.5. The van der Waals surface area contributed by atoms with Crippen LogP contribution in [-0.4, -0.2) is 74.7 Å². The average molecular weight is 434 g/mol. The van der Waals surface area contributed by atoms with Gasteiger partial charge in [0.25, 0.3) is 0 Å². The van der Waals surface area contributed by atoms with E-state index in [0.717, 1.165) is 0 Å². The summed E-state index contributed by atoms with van der Waals surface area (Å²) in [5.41, 5.74) is -0.736. The molecular formula is C14H26Br2O5. The molecule has 0 saturated carbocycles. The van der Waals surface area contributed by atoms with Crippen molar-refractivity contribution in [2.75, 3.05) is 63.5 Å². The molecule has 0 amide bonds. The predicted molar refractivity (Wildman–Crippen MR) is 88.8 cm³/mol. The van der Waals surface area contributed by atoms with Crippen molar-refractivity contribution in [3.05, 3.63) is 0 Å². The van der Waals surface area contributed by atoms with E-state index in [1.807, 2.05) is 13.8 Å². The van der Waals surface area contributed by atoms with Crippen molar-refractivity contribution in [2.24, 2.45) is 0 Å². The van der Waals surface area contributed by atoms with Crippen LogP contribution in [0.1, 0.15) is 13.8 Å². The molecule has 0 aliphatic carbocycles. The molecule has 0 aromatic carbocycles. The third-order valence-corrected chi connectivity index (χ3v) is 5.48. The molecule has 0 N–H and O–H groups in total. The Hall–Kier alpha value is 0.760. The maximum Gasteiger partial charge on any atom is 0.0984 e. The molecule has 21 heavy (non-hydrogen) atoms. The average Bonchev–Trinajstić information content (AvgIpc) is 2.49. The number of rotatable bonds is 2. The molecule has 2 atom stereocenters. The Morgan fingerprint density at radius 2 is 1.05 bits per heavy atom. The Labute approximate surface area is 144 Å². The quantitative estimate of drug-likeness (QED) is 0.625. The van der Waals surface area contributed by atoms with E-state index in [1.165, 1.54) is 0 Å². The zero-order valence-electron chi connectivity index (χ0n) is 12.9. The lowest BCUT2D eigenvalue weighted by atomic mass is 10.1. The molecule has 0 bridgehead atoms. The summed E-state index contributed by atoms with van der Waals surface area (Å²) < 4.78 is 28.5. The van der Waals surface area contributed by atoms with Crippen LogP contribution in [0.25, 0.3) is 0 Å². The maximum absolute atomic E-state index is 5.87. The minimum absolute atomic E-state index is 0.368. The molecule has 7 heteroatoms. The first-order valence-corrected chi connectivity index (χ1v) is 9.41. The van der Waals surface area contributed by atoms with Gasteiger partial charge in [0, 0.05) is 10.7 Å². The van der Waals surface area contributed by atoms with Gasteiger partial charge in [-0.25, -0.2) is 0 Å². The van der Waals surface area contributed by atoms with Crippen LogP contribution in [0, 0.1) is 0 Å². The van der Waals surface area contributed by atoms with Crippen LogP contribution in [0.15, 0.2) is 0 Å². The maximum atomic E-state index is 5.87. The van der Waals surface area contributed by atoms with Gasteiger partial charge >= 0.3 is 0 Å². The molecular weight excluding hydrogens is 408 g/mol. The second-order valence-electron chi connectivity index (χ2n) is 5.58. The predicted octanol–water partition coefficient (Wildman–Crippen LogP) is 2.39. The molecule has 0 aromatic heterocycles. The molecule has 1 rings (SSSR count). The van der Waals surface area contributed by atoms with Crippen LogP contribution in [-0.2, 0) is 23.7 Å². The molecule has 5 nitrogen and oxygen atoms in total. The van der Waals surface area contributed by atoms with Gasteiger partial charge in [-0.05, 0) is 13.8 Å². The lowest BCUT2D eigenvalue weighted by molar-refractivity contribution is -0.120. The highest BCUT2D eigenvalue weighted by molar-refractivity contribution is 9.09. The highest BCUT2D eigenvalue weighted by atomic mass is 79.9. The molecule has 1 saturated heterocycles. The van der Waals surface area contributed by atoms with E-state index in [9.17, 15) is 0 Å². The van der Waals surface area contributed by atoms with E-state index in [4.69, 9.17) is 23.7 Å². The molecule has 0 aromatic rings. The van der Waals surface area contributed by atoms with Gasteiger partial charge in [-0.3, -0.25) is 0 Å². The minimum atomic E-state index is -0.368. The Bertz CT molecular complexity index is 256. The van der Waals surface area contributed by atoms with Gasteiger partial charge in [-0.1, -0.05) is 31.9 Å². The van der Waals surface area contributed by atoms with Gasteiger partial charge in [0.05, 0.1) is 64.1 Å². The molecule has 0 radical (unpaired) electrons. The SMILES string of the molecule is C[C@@]1(CBr)COC[C@@](C)(CBr)OCCOCCOCCO1. The fraction of sp³-hybridized carbons (Fsp3) is 1.00. The molecule has 1 heterocycles. The summed E-state index contributed by atoms with van der Waals surface area (Å²) in [7, 11) is 0. The monoisotopic (exact) mass is 432 g/mol. The van der Waals surface area contributed by atoms with Crippen molar-refractivity contribution in [2.45, 2.75) is 25.0 Å². The zero-order valence-corrected chi connectivity index (χ0v) is 16.0. The molecule has 126 valence electrons. The Balaban J connectivity index is 2.54. The Morgan fingerprint density at radius 3 is 1.43 bits per heavy atom. The van der Waals surface area contributed by atoms with Crippen molar-refractivity contribution in [1.82, 2.24) is 0 Å². The highest BCUT2D eigenvalue weighted by Crippen LogP contribution is 2.19. The number of ether oxygens (including phenoxy) is 5. The summed E-state index contributed by atoms with van der Waals surface area (Å²) in [6.45, 7) is 8.38. The first kappa shape index (κ1) is 19.8. The number of hydrogen-bond acceptors (Lipinski definition) is 5. The minimum Gasteiger partial charge on any atom is -0.377 e. The summed E-state index contributed by atoms with van der Waals surface area (Å²) in [5.74, 6) is 0. The molecule has 1 aliphatic heterocycles. The lowest BCUT2D eigenvalue weighted by Gasteiger charge is -2.31. The van der Waals surface area contributed by atoms with Gasteiger partial charge in [0.2, 0.25) is 0 Å². The van der Waals surface area contributed by atoms with Gasteiger partial charge in [0.15, 0.2) is 0 Å². The number of halogens is 2. The summed E-state index contributed by atoms with van der Waals surface area (Å²) in [5, 5.41) is 1.41. The van der Waals surface area contributed by atoms with E-state index < -0.39 is 0 Å². The van der Waals surface area contributed by atoms with E-state index in [2.05, 4.69) is 31.9 Å². The first-order chi connectivity index (χ1) is 10.0. The van der Waals surface area contributed by atoms with Crippen LogP contribution in [0.4, 0.5) is 0 Å². The van der Waals surface area contributed by atoms with E-state index in [-0.39, 0.29) is 11.2 Å². The van der Waals surface area contributed by atoms with Crippen molar-refractivity contribution >= 4 is 31.9 Å². The smallest absolute Gasteiger partial charge is 0.0984 e. The fourth-order valence-corrected chi connectivity index (χ4v) is 2.38. The summed E-state index contributed by atoms with van der Waals surface area (Å²) in [6.07, 6.45) is 0. The summed E-state index contributed by atoms with van der Waals surface area (Å²) in [4.78, 5) is 0.